The quantitative estimate of drug-likeness (QED) is 0.729. The fraction of sp³-hybridized carbons (Fsp3) is 0.462. The van der Waals surface area contributed by atoms with E-state index < -0.39 is 11.4 Å². The van der Waals surface area contributed by atoms with Gasteiger partial charge in [0.05, 0.1) is 5.71 Å². The summed E-state index contributed by atoms with van der Waals surface area (Å²) >= 11 is 2.38. The van der Waals surface area contributed by atoms with E-state index in [2.05, 4.69) is 26.4 Å². The first kappa shape index (κ1) is 13.1. The van der Waals surface area contributed by atoms with E-state index in [0.717, 1.165) is 28.6 Å². The highest BCUT2D eigenvalue weighted by Gasteiger charge is 2.29. The van der Waals surface area contributed by atoms with Gasteiger partial charge in [0, 0.05) is 10.0 Å². The van der Waals surface area contributed by atoms with Crippen molar-refractivity contribution in [2.45, 2.75) is 38.4 Å². The minimum absolute atomic E-state index is 0.290. The highest BCUT2D eigenvalue weighted by molar-refractivity contribution is 9.10. The molecule has 1 aliphatic carbocycles. The molecule has 92 valence electrons. The zero-order valence-electron chi connectivity index (χ0n) is 10.3. The molecule has 0 radical (unpaired) electrons. The van der Waals surface area contributed by atoms with Crippen molar-refractivity contribution in [1.82, 2.24) is 0 Å². The summed E-state index contributed by atoms with van der Waals surface area (Å²) in [5.41, 5.74) is 3.42. The fourth-order valence-corrected chi connectivity index (χ4v) is 3.02. The molecule has 17 heavy (non-hydrogen) atoms. The van der Waals surface area contributed by atoms with Crippen LogP contribution in [0.5, 0.6) is 0 Å². The van der Waals surface area contributed by atoms with Crippen LogP contribution in [0.3, 0.4) is 0 Å². The summed E-state index contributed by atoms with van der Waals surface area (Å²) in [6.07, 6.45) is 1.87. The van der Waals surface area contributed by atoms with Crippen molar-refractivity contribution in [3.8, 4) is 0 Å². The van der Waals surface area contributed by atoms with Gasteiger partial charge in [-0.25, -0.2) is 0 Å². The second kappa shape index (κ2) is 4.75. The topological polar surface area (TPSA) is 35.4 Å². The van der Waals surface area contributed by atoms with E-state index >= 15 is 0 Å². The second-order valence-electron chi connectivity index (χ2n) is 5.17. The van der Waals surface area contributed by atoms with Crippen LogP contribution in [0.4, 0.5) is 0 Å². The first-order valence-electron chi connectivity index (χ1n) is 5.67. The van der Waals surface area contributed by atoms with Gasteiger partial charge in [0.15, 0.2) is 0 Å². The molecule has 0 saturated carbocycles. The Bertz CT molecular complexity index is 465. The molecule has 0 saturated heterocycles. The predicted octanol–water partition coefficient (Wildman–Crippen LogP) is 3.65. The first-order chi connectivity index (χ1) is 7.89. The summed E-state index contributed by atoms with van der Waals surface area (Å²) in [7, 11) is 0. The van der Waals surface area contributed by atoms with Crippen LogP contribution in [0.2, 0.25) is 0 Å². The summed E-state index contributed by atoms with van der Waals surface area (Å²) in [6, 6.07) is 6.11. The van der Waals surface area contributed by atoms with Crippen LogP contribution in [0.15, 0.2) is 27.1 Å². The minimum Gasteiger partial charge on any atom is -0.591 e. The second-order valence-corrected chi connectivity index (χ2v) is 7.93. The van der Waals surface area contributed by atoms with E-state index in [1.165, 1.54) is 5.56 Å². The van der Waals surface area contributed by atoms with Crippen LogP contribution in [-0.4, -0.2) is 15.0 Å². The number of hydrogen-bond donors (Lipinski definition) is 0. The maximum Gasteiger partial charge on any atom is 0.144 e. The summed E-state index contributed by atoms with van der Waals surface area (Å²) in [6.45, 7) is 5.85. The van der Waals surface area contributed by atoms with E-state index in [-0.39, 0.29) is 4.75 Å². The Labute approximate surface area is 114 Å². The van der Waals surface area contributed by atoms with E-state index in [4.69, 9.17) is 0 Å². The molecule has 0 heterocycles. The molecule has 1 aliphatic rings. The van der Waals surface area contributed by atoms with Crippen molar-refractivity contribution in [2.75, 3.05) is 0 Å². The molecule has 0 aromatic heterocycles. The standard InChI is InChI=1S/C13H16BrNOS/c1-13(2,3)17(16)15-12-8-7-9-10(12)5-4-6-11(9)14/h4-6H,7-8H2,1-3H3. The van der Waals surface area contributed by atoms with Crippen LogP contribution < -0.4 is 0 Å². The molecule has 1 unspecified atom stereocenters. The van der Waals surface area contributed by atoms with Crippen molar-refractivity contribution in [1.29, 1.82) is 0 Å². The van der Waals surface area contributed by atoms with E-state index in [0.29, 0.717) is 0 Å². The van der Waals surface area contributed by atoms with Gasteiger partial charge in [-0.05, 0) is 45.2 Å². The summed E-state index contributed by atoms with van der Waals surface area (Å²) in [4.78, 5) is 0. The third-order valence-electron chi connectivity index (χ3n) is 2.76. The average Bonchev–Trinajstić information content (AvgIpc) is 2.62. The van der Waals surface area contributed by atoms with Gasteiger partial charge in [-0.3, -0.25) is 0 Å². The lowest BCUT2D eigenvalue weighted by molar-refractivity contribution is 0.561. The van der Waals surface area contributed by atoms with E-state index in [1.54, 1.807) is 0 Å². The Hall–Kier alpha value is -0.320. The molecule has 4 heteroatoms. The van der Waals surface area contributed by atoms with Gasteiger partial charge in [0.1, 0.15) is 16.1 Å². The summed E-state index contributed by atoms with van der Waals surface area (Å²) in [5.74, 6) is 0. The van der Waals surface area contributed by atoms with Crippen molar-refractivity contribution in [3.63, 3.8) is 0 Å². The Morgan fingerprint density at radius 1 is 1.29 bits per heavy atom. The fourth-order valence-electron chi connectivity index (χ4n) is 1.79. The Morgan fingerprint density at radius 2 is 2.00 bits per heavy atom. The van der Waals surface area contributed by atoms with Crippen LogP contribution in [0, 0.1) is 0 Å². The lowest BCUT2D eigenvalue weighted by Crippen LogP contribution is -2.26. The molecule has 2 rings (SSSR count). The molecule has 0 N–H and O–H groups in total. The third kappa shape index (κ3) is 2.75. The first-order valence-corrected chi connectivity index (χ1v) is 7.57. The van der Waals surface area contributed by atoms with Crippen molar-refractivity contribution in [3.05, 3.63) is 33.8 Å². The minimum atomic E-state index is -1.17. The van der Waals surface area contributed by atoms with Gasteiger partial charge in [-0.15, -0.1) is 0 Å². The smallest absolute Gasteiger partial charge is 0.144 e. The van der Waals surface area contributed by atoms with Crippen molar-refractivity contribution < 1.29 is 4.55 Å². The monoisotopic (exact) mass is 313 g/mol. The molecule has 0 aliphatic heterocycles. The SMILES string of the molecule is CC(C)(C)[S+]([O-])N=C1CCc2c(Br)cccc21. The van der Waals surface area contributed by atoms with Crippen LogP contribution in [-0.2, 0) is 17.8 Å². The Balaban J connectivity index is 2.34. The highest BCUT2D eigenvalue weighted by Crippen LogP contribution is 2.30. The van der Waals surface area contributed by atoms with E-state index in [1.807, 2.05) is 32.9 Å². The maximum absolute atomic E-state index is 12.0. The van der Waals surface area contributed by atoms with Crippen molar-refractivity contribution >= 4 is 33.0 Å². The molecular weight excluding hydrogens is 298 g/mol. The Kier molecular flexibility index (Phi) is 3.66. The number of hydrogen-bond acceptors (Lipinski definition) is 2. The average molecular weight is 314 g/mol. The molecule has 1 aromatic rings. The molecule has 2 nitrogen and oxygen atoms in total. The van der Waals surface area contributed by atoms with Gasteiger partial charge in [0.25, 0.3) is 0 Å². The third-order valence-corrected chi connectivity index (χ3v) is 4.94. The summed E-state index contributed by atoms with van der Waals surface area (Å²) < 4.78 is 17.3. The van der Waals surface area contributed by atoms with Gasteiger partial charge in [0.2, 0.25) is 0 Å². The van der Waals surface area contributed by atoms with Crippen LogP contribution in [0.1, 0.15) is 38.3 Å². The normalized spacial score (nSPS) is 19.5. The highest BCUT2D eigenvalue weighted by atomic mass is 79.9. The summed E-state index contributed by atoms with van der Waals surface area (Å²) in [5, 5.41) is 0. The largest absolute Gasteiger partial charge is 0.591 e. The Morgan fingerprint density at radius 3 is 2.65 bits per heavy atom. The number of rotatable bonds is 1. The molecule has 0 fully saturated rings. The molecule has 0 bridgehead atoms. The molecular formula is C13H16BrNOS. The van der Waals surface area contributed by atoms with Gasteiger partial charge in [-0.1, -0.05) is 32.5 Å². The molecule has 1 aromatic carbocycles. The number of benzene rings is 1. The molecule has 0 spiro atoms. The van der Waals surface area contributed by atoms with Gasteiger partial charge < -0.3 is 4.55 Å². The zero-order valence-corrected chi connectivity index (χ0v) is 12.7. The number of halogens is 1. The van der Waals surface area contributed by atoms with Gasteiger partial charge in [-0.2, -0.15) is 0 Å². The number of nitrogens with zero attached hydrogens (tertiary/aromatic N) is 1. The van der Waals surface area contributed by atoms with Crippen molar-refractivity contribution in [2.24, 2.45) is 4.40 Å². The zero-order chi connectivity index (χ0) is 12.6. The van der Waals surface area contributed by atoms with Gasteiger partial charge >= 0.3 is 0 Å². The lowest BCUT2D eigenvalue weighted by atomic mass is 10.1. The number of fused-ring (bicyclic) bond motifs is 1. The maximum atomic E-state index is 12.0. The van der Waals surface area contributed by atoms with Crippen LogP contribution >= 0.6 is 15.9 Å². The molecule has 1 atom stereocenters. The lowest BCUT2D eigenvalue weighted by Gasteiger charge is -2.18. The molecule has 0 amide bonds. The van der Waals surface area contributed by atoms with E-state index in [9.17, 15) is 4.55 Å². The predicted molar refractivity (Wildman–Crippen MR) is 76.9 cm³/mol. The van der Waals surface area contributed by atoms with Crippen LogP contribution in [0.25, 0.3) is 0 Å².